The zero-order chi connectivity index (χ0) is 15.1. The fourth-order valence-corrected chi connectivity index (χ4v) is 3.38. The van der Waals surface area contributed by atoms with Crippen molar-refractivity contribution in [2.45, 2.75) is 26.4 Å². The molecule has 1 atom stereocenters. The first kappa shape index (κ1) is 14.2. The maximum Gasteiger partial charge on any atom is 0.255 e. The van der Waals surface area contributed by atoms with Crippen molar-refractivity contribution >= 4 is 27.5 Å². The van der Waals surface area contributed by atoms with Gasteiger partial charge in [0, 0.05) is 34.6 Å². The lowest BCUT2D eigenvalue weighted by atomic mass is 10.1. The van der Waals surface area contributed by atoms with Crippen molar-refractivity contribution in [1.29, 1.82) is 0 Å². The molecule has 2 heterocycles. The molecule has 0 radical (unpaired) electrons. The molecule has 0 aliphatic carbocycles. The van der Waals surface area contributed by atoms with Gasteiger partial charge in [-0.15, -0.1) is 0 Å². The third kappa shape index (κ3) is 2.35. The Kier molecular flexibility index (Phi) is 3.53. The maximum absolute atomic E-state index is 12.8. The zero-order valence-electron chi connectivity index (χ0n) is 12.1. The second-order valence-electron chi connectivity index (χ2n) is 5.47. The van der Waals surface area contributed by atoms with Crippen LogP contribution in [-0.4, -0.2) is 21.9 Å². The molecule has 0 saturated carbocycles. The lowest BCUT2D eigenvalue weighted by Gasteiger charge is -2.35. The fourth-order valence-electron chi connectivity index (χ4n) is 2.96. The van der Waals surface area contributed by atoms with Crippen molar-refractivity contribution in [3.05, 3.63) is 51.8 Å². The summed E-state index contributed by atoms with van der Waals surface area (Å²) in [5.74, 6) is 0.0202. The number of nitrogen functional groups attached to an aromatic ring is 1. The van der Waals surface area contributed by atoms with E-state index >= 15 is 0 Å². The Bertz CT molecular complexity index is 708. The highest BCUT2D eigenvalue weighted by Gasteiger charge is 2.29. The molecule has 0 bridgehead atoms. The Morgan fingerprint density at radius 2 is 2.05 bits per heavy atom. The normalized spacial score (nSPS) is 17.7. The summed E-state index contributed by atoms with van der Waals surface area (Å²) in [6.07, 6.45) is 0. The van der Waals surface area contributed by atoms with Crippen molar-refractivity contribution < 1.29 is 4.79 Å². The summed E-state index contributed by atoms with van der Waals surface area (Å²) in [5.41, 5.74) is 9.47. The molecule has 5 heteroatoms. The van der Waals surface area contributed by atoms with Gasteiger partial charge in [-0.3, -0.25) is 4.79 Å². The number of carbonyl (C=O) groups excluding carboxylic acids is 1. The first-order chi connectivity index (χ1) is 9.99. The molecule has 1 aliphatic rings. The number of hydrogen-bond donors (Lipinski definition) is 1. The van der Waals surface area contributed by atoms with Crippen LogP contribution in [0.25, 0.3) is 0 Å². The van der Waals surface area contributed by atoms with Crippen LogP contribution < -0.4 is 5.73 Å². The van der Waals surface area contributed by atoms with Gasteiger partial charge in [-0.2, -0.15) is 0 Å². The molecule has 110 valence electrons. The Labute approximate surface area is 132 Å². The molecule has 1 unspecified atom stereocenters. The third-order valence-electron chi connectivity index (χ3n) is 4.17. The Balaban J connectivity index is 1.95. The molecule has 2 aromatic rings. The molecular formula is C16H18BrN3O. The predicted octanol–water partition coefficient (Wildman–Crippen LogP) is 3.36. The number of hydrogen-bond acceptors (Lipinski definition) is 2. The standard InChI is InChI=1S/C16H18BrN3O/c1-10-3-6-15-11(2)20(8-7-19(10)15)16(21)13-9-12(18)4-5-14(13)17/h3-6,9,11H,7-8,18H2,1-2H3. The number of aryl methyl sites for hydroxylation is 1. The van der Waals surface area contributed by atoms with E-state index < -0.39 is 0 Å². The average molecular weight is 348 g/mol. The number of nitrogens with two attached hydrogens (primary N) is 1. The summed E-state index contributed by atoms with van der Waals surface area (Å²) in [6.45, 7) is 5.72. The fraction of sp³-hybridized carbons (Fsp3) is 0.312. The van der Waals surface area contributed by atoms with Gasteiger partial charge in [-0.25, -0.2) is 0 Å². The molecule has 1 aromatic heterocycles. The minimum Gasteiger partial charge on any atom is -0.399 e. The quantitative estimate of drug-likeness (QED) is 0.804. The van der Waals surface area contributed by atoms with Gasteiger partial charge >= 0.3 is 0 Å². The van der Waals surface area contributed by atoms with Crippen LogP contribution in [0.3, 0.4) is 0 Å². The summed E-state index contributed by atoms with van der Waals surface area (Å²) in [5, 5.41) is 0. The van der Waals surface area contributed by atoms with Crippen LogP contribution in [0.1, 0.15) is 34.7 Å². The van der Waals surface area contributed by atoms with Crippen LogP contribution in [0.4, 0.5) is 5.69 Å². The third-order valence-corrected chi connectivity index (χ3v) is 4.87. The van der Waals surface area contributed by atoms with Crippen LogP contribution in [0, 0.1) is 6.92 Å². The summed E-state index contributed by atoms with van der Waals surface area (Å²) >= 11 is 3.45. The van der Waals surface area contributed by atoms with Gasteiger partial charge in [0.1, 0.15) is 0 Å². The Morgan fingerprint density at radius 3 is 2.81 bits per heavy atom. The summed E-state index contributed by atoms with van der Waals surface area (Å²) < 4.78 is 3.06. The van der Waals surface area contributed by atoms with Gasteiger partial charge < -0.3 is 15.2 Å². The van der Waals surface area contributed by atoms with E-state index in [0.717, 1.165) is 11.0 Å². The van der Waals surface area contributed by atoms with Crippen molar-refractivity contribution in [2.75, 3.05) is 12.3 Å². The summed E-state index contributed by atoms with van der Waals surface area (Å²) in [4.78, 5) is 14.7. The van der Waals surface area contributed by atoms with Gasteiger partial charge in [0.2, 0.25) is 0 Å². The van der Waals surface area contributed by atoms with Crippen molar-refractivity contribution in [3.8, 4) is 0 Å². The van der Waals surface area contributed by atoms with Gasteiger partial charge in [-0.1, -0.05) is 0 Å². The predicted molar refractivity (Wildman–Crippen MR) is 87.2 cm³/mol. The minimum absolute atomic E-state index is 0.0202. The van der Waals surface area contributed by atoms with Gasteiger partial charge in [0.25, 0.3) is 5.91 Å². The van der Waals surface area contributed by atoms with E-state index in [1.807, 2.05) is 11.0 Å². The van der Waals surface area contributed by atoms with Crippen LogP contribution in [-0.2, 0) is 6.54 Å². The number of anilines is 1. The number of halogens is 1. The molecular weight excluding hydrogens is 330 g/mol. The number of nitrogens with zero attached hydrogens (tertiary/aromatic N) is 2. The number of carbonyl (C=O) groups is 1. The van der Waals surface area contributed by atoms with E-state index in [4.69, 9.17) is 5.73 Å². The van der Waals surface area contributed by atoms with Crippen LogP contribution in [0.5, 0.6) is 0 Å². The number of amides is 1. The van der Waals surface area contributed by atoms with E-state index in [1.165, 1.54) is 11.4 Å². The topological polar surface area (TPSA) is 51.3 Å². The van der Waals surface area contributed by atoms with E-state index in [-0.39, 0.29) is 11.9 Å². The molecule has 0 spiro atoms. The average Bonchev–Trinajstić information content (AvgIpc) is 2.84. The lowest BCUT2D eigenvalue weighted by molar-refractivity contribution is 0.0642. The van der Waals surface area contributed by atoms with Gasteiger partial charge in [0.15, 0.2) is 0 Å². The number of fused-ring (bicyclic) bond motifs is 1. The van der Waals surface area contributed by atoms with Crippen LogP contribution >= 0.6 is 15.9 Å². The van der Waals surface area contributed by atoms with E-state index in [2.05, 4.69) is 46.5 Å². The molecule has 1 aromatic carbocycles. The monoisotopic (exact) mass is 347 g/mol. The number of rotatable bonds is 1. The van der Waals surface area contributed by atoms with Crippen LogP contribution in [0.15, 0.2) is 34.8 Å². The highest BCUT2D eigenvalue weighted by molar-refractivity contribution is 9.10. The maximum atomic E-state index is 12.8. The van der Waals surface area contributed by atoms with E-state index in [9.17, 15) is 4.79 Å². The molecule has 2 N–H and O–H groups in total. The van der Waals surface area contributed by atoms with Gasteiger partial charge in [-0.05, 0) is 60.1 Å². The first-order valence-electron chi connectivity index (χ1n) is 7.01. The molecule has 1 aliphatic heterocycles. The van der Waals surface area contributed by atoms with Crippen LogP contribution in [0.2, 0.25) is 0 Å². The highest BCUT2D eigenvalue weighted by atomic mass is 79.9. The zero-order valence-corrected chi connectivity index (χ0v) is 13.7. The smallest absolute Gasteiger partial charge is 0.255 e. The molecule has 21 heavy (non-hydrogen) atoms. The first-order valence-corrected chi connectivity index (χ1v) is 7.80. The molecule has 4 nitrogen and oxygen atoms in total. The summed E-state index contributed by atoms with van der Waals surface area (Å²) in [7, 11) is 0. The molecule has 0 saturated heterocycles. The highest BCUT2D eigenvalue weighted by Crippen LogP contribution is 2.30. The number of aromatic nitrogens is 1. The minimum atomic E-state index is 0.0202. The molecule has 0 fully saturated rings. The Morgan fingerprint density at radius 1 is 1.29 bits per heavy atom. The largest absolute Gasteiger partial charge is 0.399 e. The second kappa shape index (κ2) is 5.22. The lowest BCUT2D eigenvalue weighted by Crippen LogP contribution is -2.41. The van der Waals surface area contributed by atoms with Gasteiger partial charge in [0.05, 0.1) is 11.6 Å². The second-order valence-corrected chi connectivity index (χ2v) is 6.32. The van der Waals surface area contributed by atoms with Crippen molar-refractivity contribution in [3.63, 3.8) is 0 Å². The SMILES string of the molecule is Cc1ccc2n1CCN(C(=O)c1cc(N)ccc1Br)C2C. The van der Waals surface area contributed by atoms with Crippen molar-refractivity contribution in [1.82, 2.24) is 9.47 Å². The summed E-state index contributed by atoms with van der Waals surface area (Å²) in [6, 6.07) is 9.62. The van der Waals surface area contributed by atoms with E-state index in [1.54, 1.807) is 12.1 Å². The molecule has 3 rings (SSSR count). The van der Waals surface area contributed by atoms with E-state index in [0.29, 0.717) is 17.8 Å². The number of benzene rings is 1. The molecule has 1 amide bonds. The Hall–Kier alpha value is -1.75. The van der Waals surface area contributed by atoms with Crippen molar-refractivity contribution in [2.24, 2.45) is 0 Å².